The van der Waals surface area contributed by atoms with E-state index in [1.54, 1.807) is 12.1 Å². The van der Waals surface area contributed by atoms with Gasteiger partial charge >= 0.3 is 0 Å². The maximum atomic E-state index is 12.3. The van der Waals surface area contributed by atoms with Gasteiger partial charge in [-0.3, -0.25) is 14.5 Å². The van der Waals surface area contributed by atoms with Gasteiger partial charge in [-0.05, 0) is 42.3 Å². The lowest BCUT2D eigenvalue weighted by atomic mass is 10.1. The molecule has 2 aromatic carbocycles. The summed E-state index contributed by atoms with van der Waals surface area (Å²) in [6, 6.07) is 13.0. The van der Waals surface area contributed by atoms with Crippen LogP contribution in [0.2, 0.25) is 0 Å². The molecule has 2 aromatic rings. The molecule has 1 heterocycles. The Balaban J connectivity index is 1.72. The third-order valence-corrected chi connectivity index (χ3v) is 4.31. The monoisotopic (exact) mass is 388 g/mol. The Morgan fingerprint density at radius 3 is 2.71 bits per heavy atom. The first-order valence-corrected chi connectivity index (χ1v) is 8.47. The molecule has 0 saturated heterocycles. The minimum atomic E-state index is -0.247. The first-order valence-electron chi connectivity index (χ1n) is 7.68. The molecule has 3 rings (SSSR count). The predicted molar refractivity (Wildman–Crippen MR) is 96.4 cm³/mol. The maximum Gasteiger partial charge on any atom is 0.265 e. The average molecular weight is 389 g/mol. The number of anilines is 2. The van der Waals surface area contributed by atoms with Crippen molar-refractivity contribution in [3.63, 3.8) is 0 Å². The molecular weight excluding hydrogens is 372 g/mol. The van der Waals surface area contributed by atoms with E-state index < -0.39 is 0 Å². The van der Waals surface area contributed by atoms with E-state index in [0.717, 1.165) is 10.9 Å². The van der Waals surface area contributed by atoms with Crippen molar-refractivity contribution in [2.45, 2.75) is 13.3 Å². The third kappa shape index (κ3) is 3.59. The highest BCUT2D eigenvalue weighted by Crippen LogP contribution is 2.34. The molecule has 0 unspecified atom stereocenters. The van der Waals surface area contributed by atoms with Gasteiger partial charge in [0.2, 0.25) is 5.91 Å². The van der Waals surface area contributed by atoms with Gasteiger partial charge in [0.05, 0.1) is 5.69 Å². The minimum absolute atomic E-state index is 0.0493. The van der Waals surface area contributed by atoms with E-state index >= 15 is 0 Å². The number of amides is 2. The van der Waals surface area contributed by atoms with Crippen LogP contribution in [0.5, 0.6) is 5.75 Å². The van der Waals surface area contributed by atoms with Crippen LogP contribution < -0.4 is 15.0 Å². The van der Waals surface area contributed by atoms with E-state index in [0.29, 0.717) is 17.1 Å². The second kappa shape index (κ2) is 7.05. The third-order valence-electron chi connectivity index (χ3n) is 3.81. The molecule has 2 amide bonds. The van der Waals surface area contributed by atoms with Gasteiger partial charge < -0.3 is 10.1 Å². The first kappa shape index (κ1) is 16.5. The molecule has 0 radical (unpaired) electrons. The van der Waals surface area contributed by atoms with Crippen LogP contribution in [0.3, 0.4) is 0 Å². The van der Waals surface area contributed by atoms with E-state index in [9.17, 15) is 9.59 Å². The van der Waals surface area contributed by atoms with Gasteiger partial charge in [0.1, 0.15) is 12.3 Å². The van der Waals surface area contributed by atoms with Crippen molar-refractivity contribution in [3.8, 4) is 5.75 Å². The highest BCUT2D eigenvalue weighted by atomic mass is 79.9. The molecule has 1 aliphatic rings. The summed E-state index contributed by atoms with van der Waals surface area (Å²) in [6.07, 6.45) is 0.947. The molecule has 0 fully saturated rings. The van der Waals surface area contributed by atoms with Crippen LogP contribution in [0.1, 0.15) is 12.5 Å². The molecular formula is C18H17BrN2O3. The molecule has 0 aromatic heterocycles. The van der Waals surface area contributed by atoms with Crippen LogP contribution in [0.15, 0.2) is 46.9 Å². The summed E-state index contributed by atoms with van der Waals surface area (Å²) in [5.41, 5.74) is 2.52. The number of carbonyl (C=O) groups excluding carboxylic acids is 2. The summed E-state index contributed by atoms with van der Waals surface area (Å²) in [4.78, 5) is 25.9. The SMILES string of the molecule is CCc1ccc(NC(=O)CN2C(=O)COc3cc(Br)ccc32)cc1. The quantitative estimate of drug-likeness (QED) is 0.873. The molecule has 1 N–H and O–H groups in total. The Bertz CT molecular complexity index is 774. The fraction of sp³-hybridized carbons (Fsp3) is 0.222. The standard InChI is InChI=1S/C18H17BrN2O3/c1-2-12-3-6-14(7-4-12)20-17(22)10-21-15-8-5-13(19)9-16(15)24-11-18(21)23/h3-9H,2,10-11H2,1H3,(H,20,22). The lowest BCUT2D eigenvalue weighted by Gasteiger charge is -2.29. The molecule has 0 atom stereocenters. The van der Waals surface area contributed by atoms with Crippen LogP contribution >= 0.6 is 15.9 Å². The normalized spacial score (nSPS) is 13.2. The van der Waals surface area contributed by atoms with Gasteiger partial charge in [0.15, 0.2) is 6.61 Å². The number of nitrogens with one attached hydrogen (secondary N) is 1. The van der Waals surface area contributed by atoms with Crippen molar-refractivity contribution in [2.24, 2.45) is 0 Å². The van der Waals surface area contributed by atoms with Gasteiger partial charge in [-0.2, -0.15) is 0 Å². The lowest BCUT2D eigenvalue weighted by Crippen LogP contribution is -2.43. The zero-order valence-electron chi connectivity index (χ0n) is 13.2. The van der Waals surface area contributed by atoms with Crippen LogP contribution in [-0.2, 0) is 16.0 Å². The molecule has 0 saturated carbocycles. The van der Waals surface area contributed by atoms with E-state index in [1.807, 2.05) is 30.3 Å². The largest absolute Gasteiger partial charge is 0.482 e. The number of fused-ring (bicyclic) bond motifs is 1. The van der Waals surface area contributed by atoms with Gasteiger partial charge in [0.25, 0.3) is 5.91 Å². The van der Waals surface area contributed by atoms with E-state index in [2.05, 4.69) is 28.2 Å². The van der Waals surface area contributed by atoms with Gasteiger partial charge in [-0.25, -0.2) is 0 Å². The van der Waals surface area contributed by atoms with Gasteiger partial charge in [-0.15, -0.1) is 0 Å². The number of aryl methyl sites for hydroxylation is 1. The Kier molecular flexibility index (Phi) is 4.85. The van der Waals surface area contributed by atoms with Crippen LogP contribution in [0.25, 0.3) is 0 Å². The molecule has 0 spiro atoms. The Morgan fingerprint density at radius 1 is 1.25 bits per heavy atom. The minimum Gasteiger partial charge on any atom is -0.482 e. The van der Waals surface area contributed by atoms with E-state index in [4.69, 9.17) is 4.74 Å². The summed E-state index contributed by atoms with van der Waals surface area (Å²) >= 11 is 3.37. The summed E-state index contributed by atoms with van der Waals surface area (Å²) in [7, 11) is 0. The number of hydrogen-bond acceptors (Lipinski definition) is 3. The van der Waals surface area contributed by atoms with Crippen molar-refractivity contribution in [2.75, 3.05) is 23.4 Å². The Hall–Kier alpha value is -2.34. The fourth-order valence-corrected chi connectivity index (χ4v) is 2.86. The second-order valence-electron chi connectivity index (χ2n) is 5.48. The number of carbonyl (C=O) groups is 2. The van der Waals surface area contributed by atoms with Crippen LogP contribution in [0.4, 0.5) is 11.4 Å². The van der Waals surface area contributed by atoms with Crippen LogP contribution in [0, 0.1) is 0 Å². The summed E-state index contributed by atoms with van der Waals surface area (Å²) in [5, 5.41) is 2.82. The van der Waals surface area contributed by atoms with Gasteiger partial charge in [0, 0.05) is 10.2 Å². The van der Waals surface area contributed by atoms with Crippen molar-refractivity contribution in [3.05, 3.63) is 52.5 Å². The number of hydrogen-bond donors (Lipinski definition) is 1. The fourth-order valence-electron chi connectivity index (χ4n) is 2.52. The highest BCUT2D eigenvalue weighted by molar-refractivity contribution is 9.10. The molecule has 6 heteroatoms. The highest BCUT2D eigenvalue weighted by Gasteiger charge is 2.27. The second-order valence-corrected chi connectivity index (χ2v) is 6.39. The van der Waals surface area contributed by atoms with Crippen molar-refractivity contribution >= 4 is 39.1 Å². The van der Waals surface area contributed by atoms with E-state index in [1.165, 1.54) is 10.5 Å². The van der Waals surface area contributed by atoms with Crippen molar-refractivity contribution < 1.29 is 14.3 Å². The van der Waals surface area contributed by atoms with Gasteiger partial charge in [-0.1, -0.05) is 35.0 Å². The Morgan fingerprint density at radius 2 is 2.00 bits per heavy atom. The van der Waals surface area contributed by atoms with Crippen molar-refractivity contribution in [1.82, 2.24) is 0 Å². The Labute approximate surface area is 148 Å². The number of halogens is 1. The average Bonchev–Trinajstić information content (AvgIpc) is 2.58. The summed E-state index contributed by atoms with van der Waals surface area (Å²) < 4.78 is 6.28. The topological polar surface area (TPSA) is 58.6 Å². The zero-order chi connectivity index (χ0) is 17.1. The zero-order valence-corrected chi connectivity index (χ0v) is 14.8. The molecule has 0 aliphatic carbocycles. The molecule has 124 valence electrons. The first-order chi connectivity index (χ1) is 11.6. The van der Waals surface area contributed by atoms with Crippen molar-refractivity contribution in [1.29, 1.82) is 0 Å². The summed E-state index contributed by atoms with van der Waals surface area (Å²) in [6.45, 7) is 1.96. The number of nitrogens with zero attached hydrogens (tertiary/aromatic N) is 1. The summed E-state index contributed by atoms with van der Waals surface area (Å²) in [5.74, 6) is 0.105. The number of ether oxygens (including phenoxy) is 1. The molecule has 5 nitrogen and oxygen atoms in total. The number of rotatable bonds is 4. The molecule has 1 aliphatic heterocycles. The lowest BCUT2D eigenvalue weighted by molar-refractivity contribution is -0.123. The maximum absolute atomic E-state index is 12.3. The predicted octanol–water partition coefficient (Wildman–Crippen LogP) is 3.38. The van der Waals surface area contributed by atoms with Crippen LogP contribution in [-0.4, -0.2) is 25.0 Å². The molecule has 0 bridgehead atoms. The smallest absolute Gasteiger partial charge is 0.265 e. The van der Waals surface area contributed by atoms with E-state index in [-0.39, 0.29) is 25.0 Å². The molecule has 24 heavy (non-hydrogen) atoms. The number of benzene rings is 2.